The lowest BCUT2D eigenvalue weighted by molar-refractivity contribution is -0.179. The predicted molar refractivity (Wildman–Crippen MR) is 55.8 cm³/mol. The zero-order valence-electron chi connectivity index (χ0n) is 8.69. The molecule has 1 aromatic rings. The minimum absolute atomic E-state index is 0.330. The van der Waals surface area contributed by atoms with E-state index in [1.807, 2.05) is 31.2 Å². The van der Waals surface area contributed by atoms with E-state index in [4.69, 9.17) is 9.84 Å². The van der Waals surface area contributed by atoms with Crippen LogP contribution in [0, 0.1) is 12.3 Å². The van der Waals surface area contributed by atoms with Gasteiger partial charge in [-0.15, -0.1) is 0 Å². The summed E-state index contributed by atoms with van der Waals surface area (Å²) < 4.78 is 5.01. The Morgan fingerprint density at radius 1 is 1.40 bits per heavy atom. The molecule has 80 valence electrons. The summed E-state index contributed by atoms with van der Waals surface area (Å²) in [7, 11) is 0. The molecule has 2 rings (SSSR count). The molecule has 0 bridgehead atoms. The normalized spacial score (nSPS) is 18.2. The molecule has 0 saturated carbocycles. The number of hydrogen-bond donors (Lipinski definition) is 1. The Morgan fingerprint density at radius 3 is 2.40 bits per heavy atom. The average molecular weight is 206 g/mol. The van der Waals surface area contributed by atoms with Crippen LogP contribution >= 0.6 is 0 Å². The molecule has 0 amide bonds. The van der Waals surface area contributed by atoms with Gasteiger partial charge in [-0.25, -0.2) is 0 Å². The van der Waals surface area contributed by atoms with Crippen molar-refractivity contribution < 1.29 is 14.6 Å². The topological polar surface area (TPSA) is 46.5 Å². The van der Waals surface area contributed by atoms with E-state index < -0.39 is 11.4 Å². The van der Waals surface area contributed by atoms with Crippen LogP contribution in [0.25, 0.3) is 0 Å². The van der Waals surface area contributed by atoms with Crippen molar-refractivity contribution in [1.82, 2.24) is 0 Å². The number of benzene rings is 1. The van der Waals surface area contributed by atoms with Crippen molar-refractivity contribution >= 4 is 5.97 Å². The van der Waals surface area contributed by atoms with E-state index in [2.05, 4.69) is 0 Å². The molecular formula is C12H14O3. The molecule has 0 aromatic heterocycles. The fourth-order valence-corrected chi connectivity index (χ4v) is 1.75. The van der Waals surface area contributed by atoms with Gasteiger partial charge in [0.15, 0.2) is 0 Å². The van der Waals surface area contributed by atoms with E-state index in [0.717, 1.165) is 5.56 Å². The van der Waals surface area contributed by atoms with E-state index in [0.29, 0.717) is 19.6 Å². The van der Waals surface area contributed by atoms with Gasteiger partial charge in [0.25, 0.3) is 0 Å². The van der Waals surface area contributed by atoms with Gasteiger partial charge in [-0.1, -0.05) is 29.8 Å². The summed E-state index contributed by atoms with van der Waals surface area (Å²) >= 11 is 0. The quantitative estimate of drug-likeness (QED) is 0.817. The molecule has 1 saturated heterocycles. The number of ether oxygens (including phenoxy) is 1. The molecule has 0 spiro atoms. The molecule has 0 atom stereocenters. The van der Waals surface area contributed by atoms with Crippen molar-refractivity contribution in [1.29, 1.82) is 0 Å². The Hall–Kier alpha value is -1.35. The van der Waals surface area contributed by atoms with Gasteiger partial charge in [-0.3, -0.25) is 4.79 Å². The molecule has 15 heavy (non-hydrogen) atoms. The number of rotatable bonds is 3. The summed E-state index contributed by atoms with van der Waals surface area (Å²) in [5.74, 6) is -0.755. The van der Waals surface area contributed by atoms with Gasteiger partial charge < -0.3 is 9.84 Å². The molecule has 1 N–H and O–H groups in total. The summed E-state index contributed by atoms with van der Waals surface area (Å²) in [6.07, 6.45) is 0.558. The molecular weight excluding hydrogens is 192 g/mol. The third-order valence-electron chi connectivity index (χ3n) is 2.87. The Labute approximate surface area is 88.7 Å². The first-order valence-corrected chi connectivity index (χ1v) is 4.99. The second-order valence-corrected chi connectivity index (χ2v) is 4.24. The number of aryl methyl sites for hydroxylation is 1. The summed E-state index contributed by atoms with van der Waals surface area (Å²) in [6.45, 7) is 2.68. The highest BCUT2D eigenvalue weighted by molar-refractivity contribution is 5.76. The zero-order chi connectivity index (χ0) is 10.9. The van der Waals surface area contributed by atoms with Crippen molar-refractivity contribution in [3.63, 3.8) is 0 Å². The molecule has 3 nitrogen and oxygen atoms in total. The molecule has 1 fully saturated rings. The Balaban J connectivity index is 2.13. The Morgan fingerprint density at radius 2 is 2.00 bits per heavy atom. The van der Waals surface area contributed by atoms with E-state index in [1.165, 1.54) is 5.56 Å². The molecule has 1 aromatic carbocycles. The summed E-state index contributed by atoms with van der Waals surface area (Å²) in [5, 5.41) is 9.12. The van der Waals surface area contributed by atoms with Crippen LogP contribution in [-0.2, 0) is 16.0 Å². The highest BCUT2D eigenvalue weighted by Gasteiger charge is 2.46. The molecule has 0 radical (unpaired) electrons. The summed E-state index contributed by atoms with van der Waals surface area (Å²) in [6, 6.07) is 7.98. The standard InChI is InChI=1S/C12H14O3/c1-9-2-4-10(5-3-9)6-12(11(13)14)7-15-8-12/h2-5H,6-8H2,1H3,(H,13,14). The van der Waals surface area contributed by atoms with Gasteiger partial charge in [-0.2, -0.15) is 0 Å². The maximum absolute atomic E-state index is 11.1. The minimum atomic E-state index is -0.755. The van der Waals surface area contributed by atoms with E-state index in [9.17, 15) is 4.79 Å². The van der Waals surface area contributed by atoms with Gasteiger partial charge in [-0.05, 0) is 18.9 Å². The first kappa shape index (κ1) is 10.2. The zero-order valence-corrected chi connectivity index (χ0v) is 8.69. The van der Waals surface area contributed by atoms with Gasteiger partial charge in [0.1, 0.15) is 5.41 Å². The average Bonchev–Trinajstić information content (AvgIpc) is 2.13. The maximum atomic E-state index is 11.1. The van der Waals surface area contributed by atoms with Crippen LogP contribution < -0.4 is 0 Å². The number of aliphatic carboxylic acids is 1. The number of hydrogen-bond acceptors (Lipinski definition) is 2. The van der Waals surface area contributed by atoms with Crippen LogP contribution in [0.2, 0.25) is 0 Å². The van der Waals surface area contributed by atoms with Gasteiger partial charge in [0, 0.05) is 0 Å². The van der Waals surface area contributed by atoms with Crippen LogP contribution in [0.3, 0.4) is 0 Å². The van der Waals surface area contributed by atoms with Crippen molar-refractivity contribution in [2.75, 3.05) is 13.2 Å². The highest BCUT2D eigenvalue weighted by Crippen LogP contribution is 2.32. The first-order chi connectivity index (χ1) is 7.12. The fraction of sp³-hybridized carbons (Fsp3) is 0.417. The number of carboxylic acid groups (broad SMARTS) is 1. The van der Waals surface area contributed by atoms with Crippen LogP contribution in [0.15, 0.2) is 24.3 Å². The van der Waals surface area contributed by atoms with Gasteiger partial charge in [0.2, 0.25) is 0 Å². The van der Waals surface area contributed by atoms with Crippen molar-refractivity contribution in [3.05, 3.63) is 35.4 Å². The lowest BCUT2D eigenvalue weighted by Crippen LogP contribution is -2.50. The molecule has 3 heteroatoms. The first-order valence-electron chi connectivity index (χ1n) is 4.99. The predicted octanol–water partition coefficient (Wildman–Crippen LogP) is 1.64. The summed E-state index contributed by atoms with van der Waals surface area (Å²) in [4.78, 5) is 11.1. The molecule has 1 aliphatic heterocycles. The smallest absolute Gasteiger partial charge is 0.314 e. The lowest BCUT2D eigenvalue weighted by atomic mass is 9.80. The van der Waals surface area contributed by atoms with Crippen LogP contribution in [0.5, 0.6) is 0 Å². The SMILES string of the molecule is Cc1ccc(CC2(C(=O)O)COC2)cc1. The van der Waals surface area contributed by atoms with Crippen molar-refractivity contribution in [2.24, 2.45) is 5.41 Å². The highest BCUT2D eigenvalue weighted by atomic mass is 16.5. The second kappa shape index (κ2) is 3.66. The molecule has 0 unspecified atom stereocenters. The Bertz CT molecular complexity index is 363. The number of carboxylic acids is 1. The molecule has 1 aliphatic rings. The lowest BCUT2D eigenvalue weighted by Gasteiger charge is -2.37. The second-order valence-electron chi connectivity index (χ2n) is 4.24. The van der Waals surface area contributed by atoms with Crippen LogP contribution in [0.1, 0.15) is 11.1 Å². The van der Waals surface area contributed by atoms with E-state index in [1.54, 1.807) is 0 Å². The molecule has 0 aliphatic carbocycles. The minimum Gasteiger partial charge on any atom is -0.481 e. The van der Waals surface area contributed by atoms with Crippen molar-refractivity contribution in [3.8, 4) is 0 Å². The fourth-order valence-electron chi connectivity index (χ4n) is 1.75. The number of carbonyl (C=O) groups is 1. The third kappa shape index (κ3) is 1.88. The Kier molecular flexibility index (Phi) is 2.49. The van der Waals surface area contributed by atoms with Crippen molar-refractivity contribution in [2.45, 2.75) is 13.3 Å². The van der Waals surface area contributed by atoms with Gasteiger partial charge >= 0.3 is 5.97 Å². The van der Waals surface area contributed by atoms with Gasteiger partial charge in [0.05, 0.1) is 13.2 Å². The third-order valence-corrected chi connectivity index (χ3v) is 2.87. The largest absolute Gasteiger partial charge is 0.481 e. The van der Waals surface area contributed by atoms with Crippen LogP contribution in [0.4, 0.5) is 0 Å². The molecule has 1 heterocycles. The van der Waals surface area contributed by atoms with E-state index in [-0.39, 0.29) is 0 Å². The van der Waals surface area contributed by atoms with E-state index >= 15 is 0 Å². The maximum Gasteiger partial charge on any atom is 0.314 e. The van der Waals surface area contributed by atoms with Crippen LogP contribution in [-0.4, -0.2) is 24.3 Å². The monoisotopic (exact) mass is 206 g/mol. The summed E-state index contributed by atoms with van der Waals surface area (Å²) in [5.41, 5.74) is 1.56.